The fourth-order valence-electron chi connectivity index (χ4n) is 1.94. The minimum Gasteiger partial charge on any atom is -0.497 e. The van der Waals surface area contributed by atoms with Crippen LogP contribution in [0, 0.1) is 0 Å². The van der Waals surface area contributed by atoms with E-state index >= 15 is 0 Å². The molecule has 0 aliphatic heterocycles. The molecule has 2 aromatic rings. The molecule has 0 saturated heterocycles. The molecule has 0 bridgehead atoms. The summed E-state index contributed by atoms with van der Waals surface area (Å²) in [6, 6.07) is 5.97. The summed E-state index contributed by atoms with van der Waals surface area (Å²) in [7, 11) is 1.67. The lowest BCUT2D eigenvalue weighted by molar-refractivity contribution is 0.413. The predicted octanol–water partition coefficient (Wildman–Crippen LogP) is 2.95. The molecule has 0 saturated carbocycles. The summed E-state index contributed by atoms with van der Waals surface area (Å²) >= 11 is 3.59. The van der Waals surface area contributed by atoms with Crippen molar-refractivity contribution in [2.75, 3.05) is 13.7 Å². The molecule has 1 aromatic heterocycles. The molecule has 0 spiro atoms. The van der Waals surface area contributed by atoms with Crippen LogP contribution in [0.25, 0.3) is 0 Å². The van der Waals surface area contributed by atoms with E-state index in [-0.39, 0.29) is 6.04 Å². The number of ether oxygens (including phenoxy) is 1. The van der Waals surface area contributed by atoms with Crippen molar-refractivity contribution in [1.29, 1.82) is 0 Å². The topological polar surface area (TPSA) is 47.0 Å². The van der Waals surface area contributed by atoms with Crippen LogP contribution >= 0.6 is 15.9 Å². The first kappa shape index (κ1) is 14.0. The average molecular weight is 322 g/mol. The van der Waals surface area contributed by atoms with Crippen molar-refractivity contribution in [3.8, 4) is 5.75 Å². The molecule has 1 N–H and O–H groups in total. The summed E-state index contributed by atoms with van der Waals surface area (Å²) in [4.78, 5) is 8.18. The molecule has 1 unspecified atom stereocenters. The number of benzene rings is 1. The lowest BCUT2D eigenvalue weighted by Crippen LogP contribution is -2.22. The smallest absolute Gasteiger partial charge is 0.119 e. The highest BCUT2D eigenvalue weighted by Crippen LogP contribution is 2.31. The molecular weight excluding hydrogens is 306 g/mol. The number of hydrogen-bond donors (Lipinski definition) is 1. The minimum atomic E-state index is 0.0377. The maximum Gasteiger partial charge on any atom is 0.119 e. The first-order chi connectivity index (χ1) is 9.26. The lowest BCUT2D eigenvalue weighted by atomic mass is 10.0. The van der Waals surface area contributed by atoms with Crippen LogP contribution in [-0.2, 0) is 0 Å². The van der Waals surface area contributed by atoms with Crippen molar-refractivity contribution in [1.82, 2.24) is 15.3 Å². The predicted molar refractivity (Wildman–Crippen MR) is 78.2 cm³/mol. The number of methoxy groups -OCH3 is 1. The van der Waals surface area contributed by atoms with Crippen molar-refractivity contribution in [3.63, 3.8) is 0 Å². The van der Waals surface area contributed by atoms with Crippen LogP contribution in [0.5, 0.6) is 5.75 Å². The van der Waals surface area contributed by atoms with Gasteiger partial charge in [0, 0.05) is 22.4 Å². The van der Waals surface area contributed by atoms with Crippen LogP contribution in [-0.4, -0.2) is 23.6 Å². The van der Waals surface area contributed by atoms with Crippen LogP contribution in [0.4, 0.5) is 0 Å². The van der Waals surface area contributed by atoms with Gasteiger partial charge in [-0.05, 0) is 30.3 Å². The quantitative estimate of drug-likeness (QED) is 0.919. The fourth-order valence-corrected chi connectivity index (χ4v) is 2.42. The third-order valence-electron chi connectivity index (χ3n) is 2.84. The third kappa shape index (κ3) is 3.30. The maximum absolute atomic E-state index is 5.29. The van der Waals surface area contributed by atoms with Crippen LogP contribution in [0.3, 0.4) is 0 Å². The first-order valence-corrected chi connectivity index (χ1v) is 6.87. The molecule has 0 aliphatic carbocycles. The number of halogens is 1. The van der Waals surface area contributed by atoms with Gasteiger partial charge in [-0.15, -0.1) is 0 Å². The van der Waals surface area contributed by atoms with Crippen LogP contribution < -0.4 is 10.1 Å². The molecule has 1 heterocycles. The zero-order chi connectivity index (χ0) is 13.7. The zero-order valence-corrected chi connectivity index (χ0v) is 12.5. The Bertz CT molecular complexity index is 533. The summed E-state index contributed by atoms with van der Waals surface area (Å²) in [5.41, 5.74) is 2.13. The van der Waals surface area contributed by atoms with E-state index in [1.165, 1.54) is 6.33 Å². The second-order valence-corrected chi connectivity index (χ2v) is 4.90. The Hall–Kier alpha value is -1.46. The maximum atomic E-state index is 5.29. The Morgan fingerprint density at radius 1 is 1.32 bits per heavy atom. The van der Waals surface area contributed by atoms with E-state index in [9.17, 15) is 0 Å². The highest BCUT2D eigenvalue weighted by molar-refractivity contribution is 9.10. The van der Waals surface area contributed by atoms with Gasteiger partial charge in [-0.25, -0.2) is 9.97 Å². The van der Waals surface area contributed by atoms with E-state index in [1.54, 1.807) is 7.11 Å². The second-order valence-electron chi connectivity index (χ2n) is 4.05. The fraction of sp³-hybridized carbons (Fsp3) is 0.286. The van der Waals surface area contributed by atoms with Gasteiger partial charge in [0.05, 0.1) is 13.2 Å². The SMILES string of the molecule is CCNC(c1cncnc1)c1cc(OC)ccc1Br. The number of rotatable bonds is 5. The summed E-state index contributed by atoms with van der Waals surface area (Å²) < 4.78 is 6.32. The van der Waals surface area contributed by atoms with E-state index in [4.69, 9.17) is 4.74 Å². The van der Waals surface area contributed by atoms with Crippen molar-refractivity contribution in [3.05, 3.63) is 52.5 Å². The van der Waals surface area contributed by atoms with E-state index in [0.29, 0.717) is 0 Å². The monoisotopic (exact) mass is 321 g/mol. The van der Waals surface area contributed by atoms with Crippen LogP contribution in [0.2, 0.25) is 0 Å². The Labute approximate surface area is 121 Å². The Morgan fingerprint density at radius 3 is 2.68 bits per heavy atom. The van der Waals surface area contributed by atoms with Gasteiger partial charge in [0.15, 0.2) is 0 Å². The molecule has 5 heteroatoms. The molecule has 1 atom stereocenters. The third-order valence-corrected chi connectivity index (χ3v) is 3.56. The number of nitrogens with one attached hydrogen (secondary N) is 1. The molecule has 19 heavy (non-hydrogen) atoms. The summed E-state index contributed by atoms with van der Waals surface area (Å²) in [6.45, 7) is 2.92. The van der Waals surface area contributed by atoms with Gasteiger partial charge < -0.3 is 10.1 Å². The van der Waals surface area contributed by atoms with Crippen molar-refractivity contribution in [2.24, 2.45) is 0 Å². The second kappa shape index (κ2) is 6.63. The normalized spacial score (nSPS) is 12.2. The standard InChI is InChI=1S/C14H16BrN3O/c1-3-18-14(10-7-16-9-17-8-10)12-6-11(19-2)4-5-13(12)15/h4-9,14,18H,3H2,1-2H3. The molecule has 2 rings (SSSR count). The van der Waals surface area contributed by atoms with Gasteiger partial charge in [0.25, 0.3) is 0 Å². The van der Waals surface area contributed by atoms with Crippen LogP contribution in [0.15, 0.2) is 41.4 Å². The van der Waals surface area contributed by atoms with Gasteiger partial charge in [-0.1, -0.05) is 22.9 Å². The lowest BCUT2D eigenvalue weighted by Gasteiger charge is -2.20. The number of nitrogens with zero attached hydrogens (tertiary/aromatic N) is 2. The number of aromatic nitrogens is 2. The summed E-state index contributed by atoms with van der Waals surface area (Å²) in [5, 5.41) is 3.44. The molecule has 4 nitrogen and oxygen atoms in total. The van der Waals surface area contributed by atoms with Crippen molar-refractivity contribution in [2.45, 2.75) is 13.0 Å². The Balaban J connectivity index is 2.44. The molecule has 0 fully saturated rings. The largest absolute Gasteiger partial charge is 0.497 e. The van der Waals surface area contributed by atoms with Crippen LogP contribution in [0.1, 0.15) is 24.1 Å². The van der Waals surface area contributed by atoms with E-state index < -0.39 is 0 Å². The molecule has 100 valence electrons. The van der Waals surface area contributed by atoms with E-state index in [2.05, 4.69) is 38.1 Å². The highest BCUT2D eigenvalue weighted by atomic mass is 79.9. The minimum absolute atomic E-state index is 0.0377. The van der Waals surface area contributed by atoms with E-state index in [1.807, 2.05) is 30.6 Å². The summed E-state index contributed by atoms with van der Waals surface area (Å²) in [5.74, 6) is 0.831. The van der Waals surface area contributed by atoms with Crippen molar-refractivity contribution >= 4 is 15.9 Å². The zero-order valence-electron chi connectivity index (χ0n) is 10.9. The highest BCUT2D eigenvalue weighted by Gasteiger charge is 2.17. The summed E-state index contributed by atoms with van der Waals surface area (Å²) in [6.07, 6.45) is 5.19. The first-order valence-electron chi connectivity index (χ1n) is 6.08. The Kier molecular flexibility index (Phi) is 4.87. The molecule has 0 amide bonds. The van der Waals surface area contributed by atoms with Crippen molar-refractivity contribution < 1.29 is 4.74 Å². The van der Waals surface area contributed by atoms with Gasteiger partial charge >= 0.3 is 0 Å². The molecule has 1 aromatic carbocycles. The van der Waals surface area contributed by atoms with Gasteiger partial charge in [0.2, 0.25) is 0 Å². The average Bonchev–Trinajstić information content (AvgIpc) is 2.47. The molecule has 0 radical (unpaired) electrons. The van der Waals surface area contributed by atoms with Gasteiger partial charge in [0.1, 0.15) is 12.1 Å². The molecule has 0 aliphatic rings. The number of hydrogen-bond acceptors (Lipinski definition) is 4. The molecular formula is C14H16BrN3O. The Morgan fingerprint density at radius 2 is 2.05 bits per heavy atom. The van der Waals surface area contributed by atoms with Gasteiger partial charge in [-0.3, -0.25) is 0 Å². The van der Waals surface area contributed by atoms with Gasteiger partial charge in [-0.2, -0.15) is 0 Å². The van der Waals surface area contributed by atoms with E-state index in [0.717, 1.165) is 27.9 Å².